The van der Waals surface area contributed by atoms with Crippen molar-refractivity contribution in [2.45, 2.75) is 52.3 Å². The molecule has 200 valence electrons. The molecule has 0 aliphatic carbocycles. The highest BCUT2D eigenvalue weighted by atomic mass is 28.3. The van der Waals surface area contributed by atoms with Crippen LogP contribution in [0.5, 0.6) is 0 Å². The second-order valence-corrected chi connectivity index (χ2v) is 16.6. The Hall–Kier alpha value is -3.64. The van der Waals surface area contributed by atoms with E-state index >= 15 is 4.39 Å². The van der Waals surface area contributed by atoms with E-state index in [2.05, 4.69) is 39.8 Å². The maximum atomic E-state index is 15.5. The number of halogens is 1. The van der Waals surface area contributed by atoms with E-state index < -0.39 is 20.0 Å². The molecule has 0 bridgehead atoms. The van der Waals surface area contributed by atoms with E-state index in [4.69, 9.17) is 9.47 Å². The number of cyclic esters (lactones) is 1. The molecular formula is C26H32FN7O3Si. The first-order chi connectivity index (χ1) is 18.1. The molecule has 1 aromatic carbocycles. The van der Waals surface area contributed by atoms with Crippen molar-refractivity contribution in [3.8, 4) is 22.5 Å². The Bertz CT molecular complexity index is 1460. The molecule has 0 unspecified atom stereocenters. The zero-order valence-corrected chi connectivity index (χ0v) is 23.3. The van der Waals surface area contributed by atoms with E-state index in [9.17, 15) is 4.79 Å². The number of carbonyl (C=O) groups is 1. The number of ether oxygens (including phenoxy) is 2. The Balaban J connectivity index is 1.41. The lowest BCUT2D eigenvalue weighted by Gasteiger charge is -2.23. The number of nitrogens with zero attached hydrogens (tertiary/aromatic N) is 7. The van der Waals surface area contributed by atoms with Gasteiger partial charge < -0.3 is 9.47 Å². The first-order valence-corrected chi connectivity index (χ1v) is 16.4. The average molecular weight is 538 g/mol. The molecule has 38 heavy (non-hydrogen) atoms. The summed E-state index contributed by atoms with van der Waals surface area (Å²) in [5.41, 5.74) is 1.88. The van der Waals surface area contributed by atoms with Gasteiger partial charge in [0.2, 0.25) is 0 Å². The summed E-state index contributed by atoms with van der Waals surface area (Å²) in [6.07, 6.45) is 4.28. The molecule has 0 saturated carbocycles. The van der Waals surface area contributed by atoms with Gasteiger partial charge in [-0.1, -0.05) is 45.6 Å². The van der Waals surface area contributed by atoms with Gasteiger partial charge in [-0.05, 0) is 24.1 Å². The number of hydrogen-bond acceptors (Lipinski definition) is 7. The third-order valence-electron chi connectivity index (χ3n) is 6.62. The van der Waals surface area contributed by atoms with Gasteiger partial charge in [0.15, 0.2) is 11.5 Å². The lowest BCUT2D eigenvalue weighted by molar-refractivity contribution is 0.0796. The topological polar surface area (TPSA) is 99.7 Å². The van der Waals surface area contributed by atoms with Gasteiger partial charge in [-0.15, -0.1) is 0 Å². The largest absolute Gasteiger partial charge is 0.447 e. The van der Waals surface area contributed by atoms with Crippen LogP contribution >= 0.6 is 0 Å². The van der Waals surface area contributed by atoms with Crippen LogP contribution in [0.2, 0.25) is 25.7 Å². The van der Waals surface area contributed by atoms with Gasteiger partial charge in [-0.25, -0.2) is 28.4 Å². The summed E-state index contributed by atoms with van der Waals surface area (Å²) in [6, 6.07) is 7.54. The highest BCUT2D eigenvalue weighted by Crippen LogP contribution is 2.32. The standard InChI is InChI=1S/C26H32FN7O3Si/c1-17(2)22-14-37-26(35)34(22)23-8-9-32-25(31-23)20(13-29-32)19-7-6-18(12-21(19)27)24-28-15-30-33(24)16-36-10-11-38(3,4)5/h6-9,12-13,15,17,22H,10-11,14,16H2,1-5H3/t22-/m1/s1. The Kier molecular flexibility index (Phi) is 7.01. The van der Waals surface area contributed by atoms with Crippen LogP contribution in [0.15, 0.2) is 43.0 Å². The van der Waals surface area contributed by atoms with Crippen molar-refractivity contribution in [1.29, 1.82) is 0 Å². The number of anilines is 1. The molecular weight excluding hydrogens is 505 g/mol. The number of hydrogen-bond donors (Lipinski definition) is 0. The zero-order chi connectivity index (χ0) is 27.0. The first-order valence-electron chi connectivity index (χ1n) is 12.7. The van der Waals surface area contributed by atoms with Gasteiger partial charge >= 0.3 is 6.09 Å². The maximum Gasteiger partial charge on any atom is 0.415 e. The fourth-order valence-corrected chi connectivity index (χ4v) is 5.11. The summed E-state index contributed by atoms with van der Waals surface area (Å²) >= 11 is 0. The summed E-state index contributed by atoms with van der Waals surface area (Å²) in [5.74, 6) is 0.705. The summed E-state index contributed by atoms with van der Waals surface area (Å²) in [4.78, 5) is 23.0. The number of aromatic nitrogens is 6. The fourth-order valence-electron chi connectivity index (χ4n) is 4.36. The van der Waals surface area contributed by atoms with Crippen LogP contribution in [0.25, 0.3) is 28.2 Å². The van der Waals surface area contributed by atoms with E-state index in [-0.39, 0.29) is 18.7 Å². The second-order valence-electron chi connectivity index (χ2n) is 11.0. The molecule has 1 atom stereocenters. The van der Waals surface area contributed by atoms with Crippen LogP contribution < -0.4 is 4.90 Å². The molecule has 1 aliphatic heterocycles. The zero-order valence-electron chi connectivity index (χ0n) is 22.3. The summed E-state index contributed by atoms with van der Waals surface area (Å²) in [5, 5.41) is 8.58. The van der Waals surface area contributed by atoms with Crippen molar-refractivity contribution in [2.24, 2.45) is 5.92 Å². The van der Waals surface area contributed by atoms with Gasteiger partial charge in [-0.3, -0.25) is 4.90 Å². The number of amides is 1. The van der Waals surface area contributed by atoms with Gasteiger partial charge in [0.1, 0.15) is 31.3 Å². The number of carbonyl (C=O) groups excluding carboxylic acids is 1. The van der Waals surface area contributed by atoms with E-state index in [0.717, 1.165) is 6.04 Å². The molecule has 0 spiro atoms. The van der Waals surface area contributed by atoms with E-state index in [1.165, 1.54) is 12.4 Å². The fraction of sp³-hybridized carbons (Fsp3) is 0.423. The second kappa shape index (κ2) is 10.3. The summed E-state index contributed by atoms with van der Waals surface area (Å²) in [6.45, 7) is 12.2. The van der Waals surface area contributed by atoms with Crippen molar-refractivity contribution in [3.05, 3.63) is 48.8 Å². The Labute approximate surface area is 221 Å². The van der Waals surface area contributed by atoms with Crippen LogP contribution in [0.3, 0.4) is 0 Å². The SMILES string of the molecule is CC(C)[C@H]1COC(=O)N1c1ccn2ncc(-c3ccc(-c4ncnn4COCC[Si](C)(C)C)cc3F)c2n1. The minimum atomic E-state index is -1.20. The van der Waals surface area contributed by atoms with Crippen molar-refractivity contribution >= 4 is 25.6 Å². The van der Waals surface area contributed by atoms with Crippen molar-refractivity contribution in [1.82, 2.24) is 29.4 Å². The van der Waals surface area contributed by atoms with E-state index in [1.54, 1.807) is 44.7 Å². The van der Waals surface area contributed by atoms with Crippen LogP contribution in [0.4, 0.5) is 15.0 Å². The predicted molar refractivity (Wildman–Crippen MR) is 144 cm³/mol. The molecule has 0 N–H and O–H groups in total. The molecule has 0 radical (unpaired) electrons. The molecule has 1 aliphatic rings. The predicted octanol–water partition coefficient (Wildman–Crippen LogP) is 5.09. The average Bonchev–Trinajstić information content (AvgIpc) is 3.59. The van der Waals surface area contributed by atoms with Crippen LogP contribution in [-0.4, -0.2) is 62.8 Å². The minimum Gasteiger partial charge on any atom is -0.447 e. The van der Waals surface area contributed by atoms with Crippen LogP contribution in [-0.2, 0) is 16.2 Å². The molecule has 12 heteroatoms. The highest BCUT2D eigenvalue weighted by molar-refractivity contribution is 6.76. The molecule has 10 nitrogen and oxygen atoms in total. The summed E-state index contributed by atoms with van der Waals surface area (Å²) < 4.78 is 29.8. The Morgan fingerprint density at radius 1 is 1.18 bits per heavy atom. The monoisotopic (exact) mass is 537 g/mol. The number of rotatable bonds is 9. The smallest absolute Gasteiger partial charge is 0.415 e. The Morgan fingerprint density at radius 2 is 2.00 bits per heavy atom. The molecule has 1 amide bonds. The molecule has 1 saturated heterocycles. The van der Waals surface area contributed by atoms with Gasteiger partial charge in [0.25, 0.3) is 0 Å². The molecule has 3 aromatic heterocycles. The van der Waals surface area contributed by atoms with Gasteiger partial charge in [0, 0.05) is 37.6 Å². The minimum absolute atomic E-state index is 0.128. The van der Waals surface area contributed by atoms with Gasteiger partial charge in [-0.2, -0.15) is 10.2 Å². The van der Waals surface area contributed by atoms with Crippen molar-refractivity contribution in [2.75, 3.05) is 18.1 Å². The molecule has 5 rings (SSSR count). The lowest BCUT2D eigenvalue weighted by atomic mass is 10.0. The molecule has 1 fully saturated rings. The summed E-state index contributed by atoms with van der Waals surface area (Å²) in [7, 11) is -1.20. The number of fused-ring (bicyclic) bond motifs is 1. The first kappa shape index (κ1) is 26.0. The third-order valence-corrected chi connectivity index (χ3v) is 8.32. The van der Waals surface area contributed by atoms with Crippen LogP contribution in [0.1, 0.15) is 13.8 Å². The highest BCUT2D eigenvalue weighted by Gasteiger charge is 2.37. The van der Waals surface area contributed by atoms with Crippen molar-refractivity contribution in [3.63, 3.8) is 0 Å². The molecule has 4 aromatic rings. The Morgan fingerprint density at radius 3 is 2.74 bits per heavy atom. The normalized spacial score (nSPS) is 16.1. The third kappa shape index (κ3) is 5.18. The maximum absolute atomic E-state index is 15.5. The van der Waals surface area contributed by atoms with Crippen LogP contribution in [0, 0.1) is 11.7 Å². The quantitative estimate of drug-likeness (QED) is 0.217. The van der Waals surface area contributed by atoms with E-state index in [0.29, 0.717) is 47.2 Å². The van der Waals surface area contributed by atoms with E-state index in [1.807, 2.05) is 13.8 Å². The van der Waals surface area contributed by atoms with Crippen molar-refractivity contribution < 1.29 is 18.7 Å². The lowest BCUT2D eigenvalue weighted by Crippen LogP contribution is -2.37. The number of benzene rings is 1. The molecule has 4 heterocycles. The van der Waals surface area contributed by atoms with Gasteiger partial charge in [0.05, 0.1) is 12.2 Å².